The van der Waals surface area contributed by atoms with E-state index in [0.717, 1.165) is 11.8 Å². The number of nitrogens with zero attached hydrogens (tertiary/aromatic N) is 2. The van der Waals surface area contributed by atoms with Crippen LogP contribution in [0.1, 0.15) is 0 Å². The SMILES string of the molecule is CSC(=NC#N)Sc1ccccc1F. The van der Waals surface area contributed by atoms with Crippen molar-refractivity contribution < 1.29 is 4.39 Å². The Balaban J connectivity index is 2.84. The standard InChI is InChI=1S/C9H7FN2S2/c1-13-9(12-6-11)14-8-5-3-2-4-7(8)10/h2-5H,1H3. The molecule has 0 amide bonds. The number of hydrogen-bond acceptors (Lipinski definition) is 4. The van der Waals surface area contributed by atoms with Crippen molar-refractivity contribution in [2.24, 2.45) is 4.99 Å². The molecule has 0 radical (unpaired) electrons. The molecule has 1 aromatic carbocycles. The monoisotopic (exact) mass is 226 g/mol. The fourth-order valence-electron chi connectivity index (χ4n) is 0.773. The van der Waals surface area contributed by atoms with Crippen LogP contribution in [0.25, 0.3) is 0 Å². The first-order valence-corrected chi connectivity index (χ1v) is 5.75. The molecule has 0 saturated carbocycles. The molecular weight excluding hydrogens is 219 g/mol. The lowest BCUT2D eigenvalue weighted by molar-refractivity contribution is 0.602. The average molecular weight is 226 g/mol. The number of nitriles is 1. The summed E-state index contributed by atoms with van der Waals surface area (Å²) < 4.78 is 13.7. The molecule has 14 heavy (non-hydrogen) atoms. The van der Waals surface area contributed by atoms with Crippen molar-refractivity contribution in [2.45, 2.75) is 4.90 Å². The molecular formula is C9H7FN2S2. The van der Waals surface area contributed by atoms with Gasteiger partial charge in [0, 0.05) is 0 Å². The summed E-state index contributed by atoms with van der Waals surface area (Å²) in [6, 6.07) is 6.41. The summed E-state index contributed by atoms with van der Waals surface area (Å²) in [6.07, 6.45) is 3.48. The third kappa shape index (κ3) is 3.05. The minimum absolute atomic E-state index is 0.294. The predicted octanol–water partition coefficient (Wildman–Crippen LogP) is 3.12. The quantitative estimate of drug-likeness (QED) is 0.319. The number of thioether (sulfide) groups is 2. The molecule has 2 nitrogen and oxygen atoms in total. The zero-order valence-corrected chi connectivity index (χ0v) is 9.03. The Morgan fingerprint density at radius 2 is 2.21 bits per heavy atom. The summed E-state index contributed by atoms with van der Waals surface area (Å²) in [4.78, 5) is 4.04. The van der Waals surface area contributed by atoms with Crippen molar-refractivity contribution in [3.8, 4) is 6.19 Å². The number of hydrogen-bond donors (Lipinski definition) is 0. The summed E-state index contributed by atoms with van der Waals surface area (Å²) in [5.41, 5.74) is 0. The van der Waals surface area contributed by atoms with Gasteiger partial charge in [-0.15, -0.1) is 11.8 Å². The fourth-order valence-corrected chi connectivity index (χ4v) is 2.09. The molecule has 0 aromatic heterocycles. The molecule has 1 rings (SSSR count). The first kappa shape index (κ1) is 11.1. The molecule has 1 aromatic rings. The minimum Gasteiger partial charge on any atom is -0.206 e. The largest absolute Gasteiger partial charge is 0.207 e. The summed E-state index contributed by atoms with van der Waals surface area (Å²) in [5.74, 6) is -0.294. The molecule has 0 aliphatic heterocycles. The van der Waals surface area contributed by atoms with Crippen LogP contribution in [0.3, 0.4) is 0 Å². The van der Waals surface area contributed by atoms with Crippen LogP contribution < -0.4 is 0 Å². The van der Waals surface area contributed by atoms with Crippen molar-refractivity contribution in [1.29, 1.82) is 5.26 Å². The second-order valence-electron chi connectivity index (χ2n) is 2.21. The summed E-state index contributed by atoms with van der Waals surface area (Å²) in [5, 5.41) is 8.36. The van der Waals surface area contributed by atoms with Gasteiger partial charge in [0.2, 0.25) is 6.19 Å². The van der Waals surface area contributed by atoms with Crippen molar-refractivity contribution in [2.75, 3.05) is 6.26 Å². The highest BCUT2D eigenvalue weighted by Crippen LogP contribution is 2.26. The number of benzene rings is 1. The van der Waals surface area contributed by atoms with E-state index in [1.54, 1.807) is 30.6 Å². The lowest BCUT2D eigenvalue weighted by Crippen LogP contribution is -1.86. The van der Waals surface area contributed by atoms with E-state index in [1.807, 2.05) is 0 Å². The van der Waals surface area contributed by atoms with Gasteiger partial charge in [-0.3, -0.25) is 0 Å². The maximum atomic E-state index is 13.2. The maximum absolute atomic E-state index is 13.2. The van der Waals surface area contributed by atoms with E-state index in [2.05, 4.69) is 4.99 Å². The average Bonchev–Trinajstić information content (AvgIpc) is 2.20. The Labute approximate surface area is 90.2 Å². The lowest BCUT2D eigenvalue weighted by atomic mass is 10.4. The van der Waals surface area contributed by atoms with Crippen molar-refractivity contribution >= 4 is 27.9 Å². The molecule has 72 valence electrons. The Morgan fingerprint density at radius 3 is 2.79 bits per heavy atom. The van der Waals surface area contributed by atoms with E-state index in [9.17, 15) is 4.39 Å². The van der Waals surface area contributed by atoms with Crippen LogP contribution in [0.5, 0.6) is 0 Å². The van der Waals surface area contributed by atoms with E-state index in [-0.39, 0.29) is 5.82 Å². The molecule has 0 aliphatic rings. The van der Waals surface area contributed by atoms with Gasteiger partial charge in [0.15, 0.2) is 0 Å². The predicted molar refractivity (Wildman–Crippen MR) is 58.8 cm³/mol. The first-order valence-electron chi connectivity index (χ1n) is 3.71. The first-order chi connectivity index (χ1) is 6.77. The van der Waals surface area contributed by atoms with E-state index in [0.29, 0.717) is 9.27 Å². The van der Waals surface area contributed by atoms with E-state index in [1.165, 1.54) is 17.8 Å². The highest BCUT2D eigenvalue weighted by molar-refractivity contribution is 8.38. The third-order valence-corrected chi connectivity index (χ3v) is 3.36. The summed E-state index contributed by atoms with van der Waals surface area (Å²) in [6.45, 7) is 0. The minimum atomic E-state index is -0.294. The van der Waals surface area contributed by atoms with Gasteiger partial charge in [-0.05, 0) is 18.4 Å². The van der Waals surface area contributed by atoms with Gasteiger partial charge in [-0.1, -0.05) is 23.9 Å². The second-order valence-corrected chi connectivity index (χ2v) is 4.30. The Bertz CT molecular complexity index is 385. The topological polar surface area (TPSA) is 36.1 Å². The molecule has 0 saturated heterocycles. The molecule has 0 N–H and O–H groups in total. The molecule has 0 aliphatic carbocycles. The van der Waals surface area contributed by atoms with Crippen LogP contribution in [0.15, 0.2) is 34.2 Å². The van der Waals surface area contributed by atoms with Gasteiger partial charge in [0.05, 0.1) is 4.90 Å². The van der Waals surface area contributed by atoms with Crippen molar-refractivity contribution in [3.05, 3.63) is 30.1 Å². The zero-order valence-electron chi connectivity index (χ0n) is 7.40. The van der Waals surface area contributed by atoms with Gasteiger partial charge in [0.25, 0.3) is 0 Å². The van der Waals surface area contributed by atoms with E-state index < -0.39 is 0 Å². The van der Waals surface area contributed by atoms with Gasteiger partial charge in [-0.2, -0.15) is 10.3 Å². The highest BCUT2D eigenvalue weighted by Gasteiger charge is 2.05. The van der Waals surface area contributed by atoms with E-state index >= 15 is 0 Å². The maximum Gasteiger partial charge on any atom is 0.207 e. The van der Waals surface area contributed by atoms with Crippen LogP contribution in [-0.4, -0.2) is 10.6 Å². The van der Waals surface area contributed by atoms with Crippen LogP contribution >= 0.6 is 23.5 Å². The summed E-state index contributed by atoms with van der Waals surface area (Å²) in [7, 11) is 0. The molecule has 0 heterocycles. The molecule has 5 heteroatoms. The van der Waals surface area contributed by atoms with E-state index in [4.69, 9.17) is 5.26 Å². The van der Waals surface area contributed by atoms with Crippen molar-refractivity contribution in [3.63, 3.8) is 0 Å². The smallest absolute Gasteiger partial charge is 0.206 e. The lowest BCUT2D eigenvalue weighted by Gasteiger charge is -2.01. The normalized spacial score (nSPS) is 11.1. The Morgan fingerprint density at radius 1 is 1.50 bits per heavy atom. The van der Waals surface area contributed by atoms with Gasteiger partial charge >= 0.3 is 0 Å². The zero-order chi connectivity index (χ0) is 10.4. The Hall–Kier alpha value is -0.990. The number of rotatable bonds is 1. The third-order valence-electron chi connectivity index (χ3n) is 1.35. The van der Waals surface area contributed by atoms with Crippen LogP contribution in [-0.2, 0) is 0 Å². The fraction of sp³-hybridized carbons (Fsp3) is 0.111. The van der Waals surface area contributed by atoms with Crippen molar-refractivity contribution in [1.82, 2.24) is 0 Å². The molecule has 0 atom stereocenters. The molecule has 0 bridgehead atoms. The number of halogens is 1. The second kappa shape index (κ2) is 5.68. The molecule has 0 unspecified atom stereocenters. The van der Waals surface area contributed by atoms with Gasteiger partial charge in [-0.25, -0.2) is 4.39 Å². The summed E-state index contributed by atoms with van der Waals surface area (Å²) >= 11 is 2.48. The molecule has 0 spiro atoms. The highest BCUT2D eigenvalue weighted by atomic mass is 32.2. The van der Waals surface area contributed by atoms with Gasteiger partial charge in [0.1, 0.15) is 10.2 Å². The van der Waals surface area contributed by atoms with Crippen LogP contribution in [0.2, 0.25) is 0 Å². The Kier molecular flexibility index (Phi) is 4.50. The molecule has 0 fully saturated rings. The van der Waals surface area contributed by atoms with Crippen LogP contribution in [0, 0.1) is 17.3 Å². The van der Waals surface area contributed by atoms with Crippen LogP contribution in [0.4, 0.5) is 4.39 Å². The van der Waals surface area contributed by atoms with Gasteiger partial charge < -0.3 is 0 Å². The number of aliphatic imine (C=N–C) groups is 1.